The fourth-order valence-corrected chi connectivity index (χ4v) is 2.92. The van der Waals surface area contributed by atoms with Crippen LogP contribution in [0.1, 0.15) is 29.7 Å². The Labute approximate surface area is 147 Å². The van der Waals surface area contributed by atoms with Gasteiger partial charge in [0.1, 0.15) is 0 Å². The summed E-state index contributed by atoms with van der Waals surface area (Å²) < 4.78 is 1.72. The van der Waals surface area contributed by atoms with E-state index in [4.69, 9.17) is 0 Å². The molecule has 0 aliphatic carbocycles. The van der Waals surface area contributed by atoms with Crippen molar-refractivity contribution in [1.82, 2.24) is 25.3 Å². The van der Waals surface area contributed by atoms with E-state index in [1.807, 2.05) is 30.1 Å². The van der Waals surface area contributed by atoms with Crippen LogP contribution in [0.3, 0.4) is 0 Å². The van der Waals surface area contributed by atoms with Crippen LogP contribution in [0.15, 0.2) is 36.5 Å². The summed E-state index contributed by atoms with van der Waals surface area (Å²) in [6, 6.07) is 9.75. The number of carbonyl (C=O) groups is 2. The van der Waals surface area contributed by atoms with Gasteiger partial charge in [0.15, 0.2) is 0 Å². The van der Waals surface area contributed by atoms with Crippen LogP contribution < -0.4 is 10.6 Å². The number of rotatable bonds is 6. The van der Waals surface area contributed by atoms with E-state index >= 15 is 0 Å². The Kier molecular flexibility index (Phi) is 5.33. The molecule has 2 aromatic rings. The fourth-order valence-electron chi connectivity index (χ4n) is 2.92. The Balaban J connectivity index is 1.31. The first-order valence-electron chi connectivity index (χ1n) is 8.46. The van der Waals surface area contributed by atoms with Crippen molar-refractivity contribution in [2.75, 3.05) is 6.54 Å². The fraction of sp³-hybridized carbons (Fsp3) is 0.389. The van der Waals surface area contributed by atoms with Gasteiger partial charge in [0.25, 0.3) is 0 Å². The summed E-state index contributed by atoms with van der Waals surface area (Å²) in [5.74, 6) is 0.133. The highest BCUT2D eigenvalue weighted by molar-refractivity contribution is 5.77. The maximum atomic E-state index is 12.3. The first-order chi connectivity index (χ1) is 12.1. The molecule has 1 aromatic carbocycles. The number of aromatic nitrogens is 2. The summed E-state index contributed by atoms with van der Waals surface area (Å²) in [5, 5.41) is 9.60. The average Bonchev–Trinajstić information content (AvgIpc) is 3.22. The molecule has 0 saturated heterocycles. The average molecular weight is 341 g/mol. The summed E-state index contributed by atoms with van der Waals surface area (Å²) in [7, 11) is 1.83. The van der Waals surface area contributed by atoms with Gasteiger partial charge >= 0.3 is 6.03 Å². The quantitative estimate of drug-likeness (QED) is 0.782. The van der Waals surface area contributed by atoms with Crippen LogP contribution in [0.25, 0.3) is 0 Å². The van der Waals surface area contributed by atoms with E-state index in [0.29, 0.717) is 39.0 Å². The zero-order valence-electron chi connectivity index (χ0n) is 14.4. The number of hydrogen-bond donors (Lipinski definition) is 2. The third-order valence-electron chi connectivity index (χ3n) is 4.40. The first kappa shape index (κ1) is 17.0. The van der Waals surface area contributed by atoms with E-state index in [0.717, 1.165) is 5.69 Å². The topological polar surface area (TPSA) is 79.3 Å². The minimum atomic E-state index is -0.234. The molecule has 0 radical (unpaired) electrons. The van der Waals surface area contributed by atoms with Crippen LogP contribution in [-0.2, 0) is 31.5 Å². The molecule has 0 saturated carbocycles. The molecule has 2 N–H and O–H groups in total. The van der Waals surface area contributed by atoms with Gasteiger partial charge in [-0.25, -0.2) is 4.79 Å². The molecule has 1 aliphatic heterocycles. The predicted octanol–water partition coefficient (Wildman–Crippen LogP) is 1.54. The Morgan fingerprint density at radius 1 is 1.12 bits per heavy atom. The zero-order chi connectivity index (χ0) is 17.6. The van der Waals surface area contributed by atoms with Crippen molar-refractivity contribution in [1.29, 1.82) is 0 Å². The van der Waals surface area contributed by atoms with E-state index in [-0.39, 0.29) is 11.9 Å². The third kappa shape index (κ3) is 4.37. The lowest BCUT2D eigenvalue weighted by Gasteiger charge is -2.15. The molecule has 0 fully saturated rings. The third-order valence-corrected chi connectivity index (χ3v) is 4.40. The molecule has 25 heavy (non-hydrogen) atoms. The van der Waals surface area contributed by atoms with E-state index in [2.05, 4.69) is 27.9 Å². The van der Waals surface area contributed by atoms with Crippen LogP contribution in [0, 0.1) is 0 Å². The van der Waals surface area contributed by atoms with Crippen molar-refractivity contribution < 1.29 is 9.59 Å². The van der Waals surface area contributed by atoms with E-state index in [1.54, 1.807) is 10.9 Å². The molecule has 132 valence electrons. The van der Waals surface area contributed by atoms with Gasteiger partial charge in [0.05, 0.1) is 12.2 Å². The molecular formula is C18H23N5O2. The molecule has 0 bridgehead atoms. The second-order valence-electron chi connectivity index (χ2n) is 6.18. The summed E-state index contributed by atoms with van der Waals surface area (Å²) in [5.41, 5.74) is 3.38. The molecule has 2 heterocycles. The van der Waals surface area contributed by atoms with Crippen LogP contribution in [0.4, 0.5) is 4.79 Å². The van der Waals surface area contributed by atoms with Gasteiger partial charge in [-0.2, -0.15) is 5.10 Å². The minimum absolute atomic E-state index is 0.133. The van der Waals surface area contributed by atoms with Gasteiger partial charge in [-0.3, -0.25) is 9.48 Å². The normalized spacial score (nSPS) is 12.8. The van der Waals surface area contributed by atoms with Gasteiger partial charge in [0.2, 0.25) is 5.91 Å². The number of urea groups is 1. The lowest BCUT2D eigenvalue weighted by atomic mass is 10.1. The summed E-state index contributed by atoms with van der Waals surface area (Å²) in [6.07, 6.45) is 2.76. The van der Waals surface area contributed by atoms with Crippen molar-refractivity contribution in [2.24, 2.45) is 7.05 Å². The van der Waals surface area contributed by atoms with Crippen molar-refractivity contribution in [3.63, 3.8) is 0 Å². The number of amides is 3. The standard InChI is InChI=1S/C18H23N5O2/c1-22-16(8-10-21-22)11-20-18(25)19-9-4-7-17(24)23-12-14-5-2-3-6-15(14)13-23/h2-3,5-6,8,10H,4,7,9,11-13H2,1H3,(H2,19,20,25). The molecule has 1 aliphatic rings. The molecule has 3 amide bonds. The van der Waals surface area contributed by atoms with Crippen LogP contribution in [0.5, 0.6) is 0 Å². The highest BCUT2D eigenvalue weighted by Gasteiger charge is 2.22. The van der Waals surface area contributed by atoms with Crippen molar-refractivity contribution in [2.45, 2.75) is 32.5 Å². The van der Waals surface area contributed by atoms with Crippen LogP contribution in [-0.4, -0.2) is 33.2 Å². The number of nitrogens with one attached hydrogen (secondary N) is 2. The highest BCUT2D eigenvalue weighted by atomic mass is 16.2. The first-order valence-corrected chi connectivity index (χ1v) is 8.46. The Bertz CT molecular complexity index is 730. The van der Waals surface area contributed by atoms with Gasteiger partial charge in [-0.05, 0) is 23.6 Å². The monoisotopic (exact) mass is 341 g/mol. The second-order valence-corrected chi connectivity index (χ2v) is 6.18. The smallest absolute Gasteiger partial charge is 0.315 e. The van der Waals surface area contributed by atoms with Crippen LogP contribution in [0.2, 0.25) is 0 Å². The molecule has 7 nitrogen and oxygen atoms in total. The summed E-state index contributed by atoms with van der Waals surface area (Å²) in [6.45, 7) is 2.28. The van der Waals surface area contributed by atoms with Crippen molar-refractivity contribution >= 4 is 11.9 Å². The largest absolute Gasteiger partial charge is 0.338 e. The van der Waals surface area contributed by atoms with Gasteiger partial charge in [-0.1, -0.05) is 24.3 Å². The number of hydrogen-bond acceptors (Lipinski definition) is 3. The molecule has 7 heteroatoms. The number of benzene rings is 1. The number of nitrogens with zero attached hydrogens (tertiary/aromatic N) is 3. The van der Waals surface area contributed by atoms with E-state index in [1.165, 1.54) is 11.1 Å². The molecule has 0 atom stereocenters. The predicted molar refractivity (Wildman–Crippen MR) is 93.4 cm³/mol. The summed E-state index contributed by atoms with van der Waals surface area (Å²) in [4.78, 5) is 25.9. The number of carbonyl (C=O) groups excluding carboxylic acids is 2. The molecular weight excluding hydrogens is 318 g/mol. The lowest BCUT2D eigenvalue weighted by Crippen LogP contribution is -2.36. The van der Waals surface area contributed by atoms with E-state index in [9.17, 15) is 9.59 Å². The maximum Gasteiger partial charge on any atom is 0.315 e. The number of fused-ring (bicyclic) bond motifs is 1. The molecule has 3 rings (SSSR count). The number of aryl methyl sites for hydroxylation is 1. The second kappa shape index (κ2) is 7.83. The minimum Gasteiger partial charge on any atom is -0.338 e. The van der Waals surface area contributed by atoms with Gasteiger partial charge < -0.3 is 15.5 Å². The van der Waals surface area contributed by atoms with Gasteiger partial charge in [-0.15, -0.1) is 0 Å². The highest BCUT2D eigenvalue weighted by Crippen LogP contribution is 2.22. The Hall–Kier alpha value is -2.83. The van der Waals surface area contributed by atoms with Crippen LogP contribution >= 0.6 is 0 Å². The van der Waals surface area contributed by atoms with Crippen molar-refractivity contribution in [3.8, 4) is 0 Å². The molecule has 0 unspecified atom stereocenters. The lowest BCUT2D eigenvalue weighted by molar-refractivity contribution is -0.131. The Morgan fingerprint density at radius 2 is 1.84 bits per heavy atom. The van der Waals surface area contributed by atoms with Crippen molar-refractivity contribution in [3.05, 3.63) is 53.3 Å². The van der Waals surface area contributed by atoms with E-state index < -0.39 is 0 Å². The molecule has 1 aromatic heterocycles. The Morgan fingerprint density at radius 3 is 2.48 bits per heavy atom. The zero-order valence-corrected chi connectivity index (χ0v) is 14.4. The maximum absolute atomic E-state index is 12.3. The molecule has 0 spiro atoms. The SMILES string of the molecule is Cn1nccc1CNC(=O)NCCCC(=O)N1Cc2ccccc2C1. The van der Waals surface area contributed by atoms with Gasteiger partial charge in [0, 0.05) is 39.3 Å². The summed E-state index contributed by atoms with van der Waals surface area (Å²) >= 11 is 0.